The van der Waals surface area contributed by atoms with E-state index in [1.54, 1.807) is 24.3 Å². The van der Waals surface area contributed by atoms with Crippen molar-refractivity contribution in [2.45, 2.75) is 38.5 Å². The average Bonchev–Trinajstić information content (AvgIpc) is 2.97. The first kappa shape index (κ1) is 31.3. The molecular formula is C33H33NO6. The van der Waals surface area contributed by atoms with Gasteiger partial charge in [0, 0.05) is 42.5 Å². The maximum atomic E-state index is 11.9. The topological polar surface area (TPSA) is 91.3 Å². The zero-order chi connectivity index (χ0) is 28.8. The first-order valence-electron chi connectivity index (χ1n) is 13.0. The summed E-state index contributed by atoms with van der Waals surface area (Å²) in [6, 6.07) is 14.6. The minimum Gasteiger partial charge on any atom is -0.463 e. The molecule has 206 valence electrons. The van der Waals surface area contributed by atoms with Gasteiger partial charge in [-0.2, -0.15) is 0 Å². The second kappa shape index (κ2) is 19.2. The summed E-state index contributed by atoms with van der Waals surface area (Å²) in [5.74, 6) is 10.9. The number of hydrogen-bond acceptors (Lipinski definition) is 7. The molecule has 0 N–H and O–H groups in total. The van der Waals surface area contributed by atoms with Crippen LogP contribution in [0.5, 0.6) is 5.75 Å². The number of rotatable bonds is 15. The third-order valence-electron chi connectivity index (χ3n) is 5.24. The molecule has 0 spiro atoms. The third kappa shape index (κ3) is 14.2. The van der Waals surface area contributed by atoms with Gasteiger partial charge in [-0.15, -0.1) is 0 Å². The largest absolute Gasteiger partial charge is 0.463 e. The van der Waals surface area contributed by atoms with Crippen molar-refractivity contribution in [1.82, 2.24) is 0 Å². The van der Waals surface area contributed by atoms with Gasteiger partial charge in [0.15, 0.2) is 0 Å². The number of ether oxygens (including phenoxy) is 3. The fourth-order valence-electron chi connectivity index (χ4n) is 3.13. The first-order valence-corrected chi connectivity index (χ1v) is 13.0. The van der Waals surface area contributed by atoms with Gasteiger partial charge in [0.1, 0.15) is 5.75 Å². The highest BCUT2D eigenvalue weighted by molar-refractivity contribution is 5.81. The lowest BCUT2D eigenvalue weighted by Gasteiger charge is -2.04. The van der Waals surface area contributed by atoms with Crippen molar-refractivity contribution < 1.29 is 28.6 Å². The molecule has 0 aliphatic carbocycles. The number of benzene rings is 2. The van der Waals surface area contributed by atoms with Gasteiger partial charge in [0.25, 0.3) is 0 Å². The second-order valence-electron chi connectivity index (χ2n) is 8.42. The molecule has 0 radical (unpaired) electrons. The molecule has 0 aromatic heterocycles. The van der Waals surface area contributed by atoms with Crippen LogP contribution in [-0.4, -0.2) is 43.9 Å². The van der Waals surface area contributed by atoms with Crippen molar-refractivity contribution in [2.24, 2.45) is 4.99 Å². The Kier molecular flexibility index (Phi) is 15.1. The minimum atomic E-state index is -0.473. The van der Waals surface area contributed by atoms with Crippen molar-refractivity contribution in [2.75, 3.05) is 19.8 Å². The molecule has 0 fully saturated rings. The molecule has 2 rings (SSSR count). The Morgan fingerprint density at radius 1 is 0.725 bits per heavy atom. The Morgan fingerprint density at radius 2 is 1.27 bits per heavy atom. The van der Waals surface area contributed by atoms with E-state index >= 15 is 0 Å². The molecule has 0 heterocycles. The highest BCUT2D eigenvalue weighted by atomic mass is 16.5. The van der Waals surface area contributed by atoms with Crippen molar-refractivity contribution >= 4 is 24.1 Å². The first-order chi connectivity index (χ1) is 19.5. The number of carbonyl (C=O) groups is 3. The molecule has 0 aliphatic rings. The van der Waals surface area contributed by atoms with Gasteiger partial charge in [0.05, 0.1) is 13.2 Å². The maximum Gasteiger partial charge on any atom is 0.330 e. The predicted octanol–water partition coefficient (Wildman–Crippen LogP) is 5.21. The zero-order valence-electron chi connectivity index (χ0n) is 22.5. The number of aliphatic imine (C=N–C) groups is 1. The molecule has 0 atom stereocenters. The fourth-order valence-corrected chi connectivity index (χ4v) is 3.13. The Bertz CT molecular complexity index is 1280. The van der Waals surface area contributed by atoms with Gasteiger partial charge in [-0.1, -0.05) is 37.1 Å². The lowest BCUT2D eigenvalue weighted by Crippen LogP contribution is -2.08. The van der Waals surface area contributed by atoms with Gasteiger partial charge in [-0.3, -0.25) is 9.79 Å². The van der Waals surface area contributed by atoms with Gasteiger partial charge < -0.3 is 14.2 Å². The van der Waals surface area contributed by atoms with E-state index in [4.69, 9.17) is 14.2 Å². The standard InChI is InChI=1S/C33H33NO6/c1-3-31(35)38-24-10-5-9-23-34-26-29-17-15-27(16-18-29)12-6-7-13-28-19-21-30(22-20-28)40-33(37)14-8-11-25-39-32(36)4-2/h3-4,15-22,26H,1-2,5,8-11,14,23-25H2. The van der Waals surface area contributed by atoms with Gasteiger partial charge in [-0.25, -0.2) is 9.59 Å². The minimum absolute atomic E-state index is 0.231. The molecule has 2 aromatic rings. The number of nitrogens with zero attached hydrogens (tertiary/aromatic N) is 1. The monoisotopic (exact) mass is 539 g/mol. The van der Waals surface area contributed by atoms with E-state index in [2.05, 4.69) is 41.8 Å². The van der Waals surface area contributed by atoms with Crippen molar-refractivity contribution in [1.29, 1.82) is 0 Å². The van der Waals surface area contributed by atoms with Gasteiger partial charge in [-0.05, 0) is 85.9 Å². The summed E-state index contributed by atoms with van der Waals surface area (Å²) >= 11 is 0. The third-order valence-corrected chi connectivity index (χ3v) is 5.24. The normalized spacial score (nSPS) is 9.90. The second-order valence-corrected chi connectivity index (χ2v) is 8.42. The summed E-state index contributed by atoms with van der Waals surface area (Å²) in [6.45, 7) is 8.05. The predicted molar refractivity (Wildman–Crippen MR) is 155 cm³/mol. The molecule has 40 heavy (non-hydrogen) atoms. The molecule has 0 aliphatic heterocycles. The number of hydrogen-bond donors (Lipinski definition) is 0. The van der Waals surface area contributed by atoms with E-state index in [-0.39, 0.29) is 25.0 Å². The van der Waals surface area contributed by atoms with Crippen LogP contribution in [0.4, 0.5) is 0 Å². The van der Waals surface area contributed by atoms with E-state index in [9.17, 15) is 14.4 Å². The number of carbonyl (C=O) groups excluding carboxylic acids is 3. The van der Waals surface area contributed by atoms with Crippen LogP contribution in [0.3, 0.4) is 0 Å². The average molecular weight is 540 g/mol. The van der Waals surface area contributed by atoms with Crippen LogP contribution < -0.4 is 4.74 Å². The SMILES string of the molecule is C=CC(=O)OCCCCCN=Cc1ccc(C#CC#Cc2ccc(OC(=O)CCCCOC(=O)C=C)cc2)cc1. The van der Waals surface area contributed by atoms with Crippen LogP contribution >= 0.6 is 0 Å². The van der Waals surface area contributed by atoms with Gasteiger partial charge in [0.2, 0.25) is 0 Å². The van der Waals surface area contributed by atoms with E-state index < -0.39 is 5.97 Å². The molecule has 0 saturated carbocycles. The molecule has 7 heteroatoms. The van der Waals surface area contributed by atoms with E-state index in [0.29, 0.717) is 31.7 Å². The van der Waals surface area contributed by atoms with E-state index in [1.807, 2.05) is 30.5 Å². The van der Waals surface area contributed by atoms with Crippen LogP contribution in [0.2, 0.25) is 0 Å². The zero-order valence-corrected chi connectivity index (χ0v) is 22.5. The summed E-state index contributed by atoms with van der Waals surface area (Å²) in [6.07, 6.45) is 8.14. The lowest BCUT2D eigenvalue weighted by atomic mass is 10.1. The summed E-state index contributed by atoms with van der Waals surface area (Å²) in [4.78, 5) is 38.3. The lowest BCUT2D eigenvalue weighted by molar-refractivity contribution is -0.138. The highest BCUT2D eigenvalue weighted by Crippen LogP contribution is 2.13. The molecule has 0 unspecified atom stereocenters. The summed E-state index contributed by atoms with van der Waals surface area (Å²) in [5.41, 5.74) is 2.59. The van der Waals surface area contributed by atoms with Crippen LogP contribution in [0.25, 0.3) is 0 Å². The molecule has 0 bridgehead atoms. The smallest absolute Gasteiger partial charge is 0.330 e. The number of unbranched alkanes of at least 4 members (excludes halogenated alkanes) is 3. The summed E-state index contributed by atoms with van der Waals surface area (Å²) in [7, 11) is 0. The van der Waals surface area contributed by atoms with Crippen molar-refractivity contribution in [3.8, 4) is 29.4 Å². The molecule has 0 amide bonds. The Labute approximate surface area is 235 Å². The van der Waals surface area contributed by atoms with Crippen LogP contribution in [0.15, 0.2) is 78.8 Å². The Morgan fingerprint density at radius 3 is 1.85 bits per heavy atom. The number of esters is 3. The molecule has 2 aromatic carbocycles. The van der Waals surface area contributed by atoms with Crippen LogP contribution in [0.1, 0.15) is 55.2 Å². The quantitative estimate of drug-likeness (QED) is 0.0770. The van der Waals surface area contributed by atoms with Crippen molar-refractivity contribution in [3.63, 3.8) is 0 Å². The molecular weight excluding hydrogens is 506 g/mol. The maximum absolute atomic E-state index is 11.9. The highest BCUT2D eigenvalue weighted by Gasteiger charge is 2.05. The molecule has 0 saturated heterocycles. The Balaban J connectivity index is 1.68. The van der Waals surface area contributed by atoms with E-state index in [0.717, 1.165) is 42.0 Å². The Hall–Kier alpha value is -4.88. The fraction of sp³-hybridized carbons (Fsp3) is 0.273. The van der Waals surface area contributed by atoms with Crippen LogP contribution in [-0.2, 0) is 23.9 Å². The summed E-state index contributed by atoms with van der Waals surface area (Å²) < 4.78 is 15.1. The van der Waals surface area contributed by atoms with E-state index in [1.165, 1.54) is 6.08 Å². The summed E-state index contributed by atoms with van der Waals surface area (Å²) in [5, 5.41) is 0. The van der Waals surface area contributed by atoms with Gasteiger partial charge >= 0.3 is 17.9 Å². The molecule has 7 nitrogen and oxygen atoms in total. The van der Waals surface area contributed by atoms with Crippen LogP contribution in [0, 0.1) is 23.7 Å². The van der Waals surface area contributed by atoms with Crippen molar-refractivity contribution in [3.05, 3.63) is 90.5 Å².